The molecule has 0 aliphatic heterocycles. The predicted molar refractivity (Wildman–Crippen MR) is 104 cm³/mol. The third-order valence-electron chi connectivity index (χ3n) is 3.76. The van der Waals surface area contributed by atoms with Crippen molar-refractivity contribution in [3.8, 4) is 0 Å². The van der Waals surface area contributed by atoms with Crippen molar-refractivity contribution >= 4 is 10.9 Å². The zero-order chi connectivity index (χ0) is 16.8. The lowest BCUT2D eigenvalue weighted by Gasteiger charge is -2.14. The third kappa shape index (κ3) is 4.17. The summed E-state index contributed by atoms with van der Waals surface area (Å²) in [5.74, 6) is 0. The fourth-order valence-electron chi connectivity index (χ4n) is 3.00. The van der Waals surface area contributed by atoms with E-state index in [4.69, 9.17) is 0 Å². The van der Waals surface area contributed by atoms with Crippen LogP contribution >= 0.6 is 0 Å². The second kappa shape index (κ2) is 8.21. The highest BCUT2D eigenvalue weighted by molar-refractivity contribution is 8.01. The molecule has 1 heteroatoms. The number of hydrogen-bond acceptors (Lipinski definition) is 0. The SMILES string of the molecule is C/C=C\C(=C/CC)[S+](c1ccccc1)c1c(C)cc(C)cc1C. The van der Waals surface area contributed by atoms with Crippen molar-refractivity contribution in [2.45, 2.75) is 50.8 Å². The molecule has 2 rings (SSSR count). The fourth-order valence-corrected chi connectivity index (χ4v) is 5.54. The highest BCUT2D eigenvalue weighted by Gasteiger charge is 2.32. The molecular formula is C22H27S+. The van der Waals surface area contributed by atoms with Gasteiger partial charge in [-0.25, -0.2) is 0 Å². The molecule has 0 spiro atoms. The maximum absolute atomic E-state index is 2.37. The summed E-state index contributed by atoms with van der Waals surface area (Å²) in [7, 11) is -0.0459. The van der Waals surface area contributed by atoms with E-state index in [2.05, 4.69) is 95.3 Å². The average molecular weight is 324 g/mol. The second-order valence-corrected chi connectivity index (χ2v) is 7.83. The molecule has 23 heavy (non-hydrogen) atoms. The van der Waals surface area contributed by atoms with Gasteiger partial charge in [-0.15, -0.1) is 0 Å². The molecule has 0 saturated heterocycles. The number of hydrogen-bond donors (Lipinski definition) is 0. The van der Waals surface area contributed by atoms with E-state index >= 15 is 0 Å². The molecule has 0 aromatic heterocycles. The zero-order valence-electron chi connectivity index (χ0n) is 14.9. The highest BCUT2D eigenvalue weighted by Crippen LogP contribution is 2.35. The molecular weight excluding hydrogens is 296 g/mol. The molecule has 0 heterocycles. The van der Waals surface area contributed by atoms with E-state index < -0.39 is 0 Å². The molecule has 0 radical (unpaired) electrons. The smallest absolute Gasteiger partial charge is 0.0827 e. The van der Waals surface area contributed by atoms with Crippen LogP contribution in [0.4, 0.5) is 0 Å². The summed E-state index contributed by atoms with van der Waals surface area (Å²) < 4.78 is 0. The largest absolute Gasteiger partial charge is 0.172 e. The summed E-state index contributed by atoms with van der Waals surface area (Å²) in [6.07, 6.45) is 7.86. The zero-order valence-corrected chi connectivity index (χ0v) is 15.7. The van der Waals surface area contributed by atoms with Crippen molar-refractivity contribution in [1.29, 1.82) is 0 Å². The first-order valence-corrected chi connectivity index (χ1v) is 9.51. The lowest BCUT2D eigenvalue weighted by molar-refractivity contribution is 1.17. The predicted octanol–water partition coefficient (Wildman–Crippen LogP) is 6.52. The van der Waals surface area contributed by atoms with Gasteiger partial charge in [-0.2, -0.15) is 0 Å². The van der Waals surface area contributed by atoms with Gasteiger partial charge in [0.1, 0.15) is 0 Å². The minimum Gasteiger partial charge on any atom is -0.0827 e. The number of rotatable bonds is 5. The van der Waals surface area contributed by atoms with Gasteiger partial charge in [0.15, 0.2) is 14.7 Å². The van der Waals surface area contributed by atoms with Crippen molar-refractivity contribution in [3.05, 3.63) is 82.3 Å². The molecule has 0 fully saturated rings. The van der Waals surface area contributed by atoms with Gasteiger partial charge in [0.05, 0.1) is 10.9 Å². The molecule has 0 aliphatic carbocycles. The van der Waals surface area contributed by atoms with Gasteiger partial charge in [-0.05, 0) is 58.4 Å². The molecule has 2 aromatic carbocycles. The molecule has 0 saturated carbocycles. The van der Waals surface area contributed by atoms with Crippen LogP contribution < -0.4 is 0 Å². The first-order valence-electron chi connectivity index (χ1n) is 8.28. The van der Waals surface area contributed by atoms with Crippen LogP contribution in [0.2, 0.25) is 0 Å². The third-order valence-corrected chi connectivity index (χ3v) is 6.33. The van der Waals surface area contributed by atoms with E-state index in [1.54, 1.807) is 0 Å². The summed E-state index contributed by atoms with van der Waals surface area (Å²) in [6, 6.07) is 15.5. The summed E-state index contributed by atoms with van der Waals surface area (Å²) >= 11 is 0. The van der Waals surface area contributed by atoms with Crippen molar-refractivity contribution < 1.29 is 0 Å². The number of allylic oxidation sites excluding steroid dienone is 3. The first kappa shape index (κ1) is 17.6. The summed E-state index contributed by atoms with van der Waals surface area (Å²) in [5.41, 5.74) is 4.12. The minimum atomic E-state index is -0.0459. The Hall–Kier alpha value is -1.73. The van der Waals surface area contributed by atoms with Crippen molar-refractivity contribution in [2.75, 3.05) is 0 Å². The Morgan fingerprint density at radius 1 is 1.00 bits per heavy atom. The van der Waals surface area contributed by atoms with E-state index in [0.29, 0.717) is 0 Å². The molecule has 0 aliphatic rings. The molecule has 2 aromatic rings. The molecule has 0 N–H and O–H groups in total. The van der Waals surface area contributed by atoms with Crippen LogP contribution in [0.25, 0.3) is 0 Å². The summed E-state index contributed by atoms with van der Waals surface area (Å²) in [5, 5.41) is 0. The Bertz CT molecular complexity index is 685. The van der Waals surface area contributed by atoms with Crippen LogP contribution in [0.3, 0.4) is 0 Å². The molecule has 0 amide bonds. The van der Waals surface area contributed by atoms with Gasteiger partial charge in [-0.3, -0.25) is 0 Å². The van der Waals surface area contributed by atoms with E-state index in [-0.39, 0.29) is 10.9 Å². The van der Waals surface area contributed by atoms with E-state index in [0.717, 1.165) is 6.42 Å². The molecule has 120 valence electrons. The first-order chi connectivity index (χ1) is 11.1. The van der Waals surface area contributed by atoms with Crippen LogP contribution in [0.15, 0.2) is 75.4 Å². The Morgan fingerprint density at radius 2 is 1.61 bits per heavy atom. The fraction of sp³-hybridized carbons (Fsp3) is 0.273. The van der Waals surface area contributed by atoms with Gasteiger partial charge in [0.2, 0.25) is 0 Å². The lowest BCUT2D eigenvalue weighted by Crippen LogP contribution is -2.10. The number of aryl methyl sites for hydroxylation is 3. The van der Waals surface area contributed by atoms with Gasteiger partial charge < -0.3 is 0 Å². The van der Waals surface area contributed by atoms with Crippen molar-refractivity contribution in [3.63, 3.8) is 0 Å². The lowest BCUT2D eigenvalue weighted by atomic mass is 10.1. The normalized spacial score (nSPS) is 13.5. The Kier molecular flexibility index (Phi) is 6.29. The number of benzene rings is 2. The van der Waals surface area contributed by atoms with Crippen LogP contribution in [0.1, 0.15) is 37.0 Å². The van der Waals surface area contributed by atoms with Crippen LogP contribution in [-0.4, -0.2) is 0 Å². The maximum atomic E-state index is 2.37. The van der Waals surface area contributed by atoms with Crippen molar-refractivity contribution in [2.24, 2.45) is 0 Å². The molecule has 0 bridgehead atoms. The Balaban J connectivity index is 2.71. The molecule has 1 unspecified atom stereocenters. The molecule has 0 nitrogen and oxygen atoms in total. The summed E-state index contributed by atoms with van der Waals surface area (Å²) in [6.45, 7) is 11.0. The Labute approximate surface area is 144 Å². The minimum absolute atomic E-state index is 0.0459. The maximum Gasteiger partial charge on any atom is 0.172 e. The summed E-state index contributed by atoms with van der Waals surface area (Å²) in [4.78, 5) is 4.27. The van der Waals surface area contributed by atoms with Crippen molar-refractivity contribution in [1.82, 2.24) is 0 Å². The van der Waals surface area contributed by atoms with E-state index in [1.807, 2.05) is 0 Å². The van der Waals surface area contributed by atoms with Crippen LogP contribution in [0, 0.1) is 20.8 Å². The van der Waals surface area contributed by atoms with Crippen LogP contribution in [0.5, 0.6) is 0 Å². The van der Waals surface area contributed by atoms with Gasteiger partial charge >= 0.3 is 0 Å². The van der Waals surface area contributed by atoms with Gasteiger partial charge in [-0.1, -0.05) is 48.9 Å². The monoisotopic (exact) mass is 323 g/mol. The average Bonchev–Trinajstić information content (AvgIpc) is 2.51. The second-order valence-electron chi connectivity index (χ2n) is 5.86. The highest BCUT2D eigenvalue weighted by atomic mass is 32.2. The molecule has 1 atom stereocenters. The van der Waals surface area contributed by atoms with E-state index in [1.165, 1.54) is 31.4 Å². The quantitative estimate of drug-likeness (QED) is 0.434. The van der Waals surface area contributed by atoms with E-state index in [9.17, 15) is 0 Å². The van der Waals surface area contributed by atoms with Gasteiger partial charge in [0.25, 0.3) is 0 Å². The Morgan fingerprint density at radius 3 is 2.13 bits per heavy atom. The van der Waals surface area contributed by atoms with Gasteiger partial charge in [0, 0.05) is 11.1 Å². The standard InChI is InChI=1S/C22H27S/c1-6-11-20(12-7-2)23(21-13-9-8-10-14-21)22-18(4)15-17(3)16-19(22)5/h6,8-16H,7H2,1-5H3/q+1/b11-6-,20-12+. The van der Waals surface area contributed by atoms with Crippen LogP contribution in [-0.2, 0) is 10.9 Å². The topological polar surface area (TPSA) is 0 Å².